The van der Waals surface area contributed by atoms with E-state index in [1.165, 1.54) is 19.2 Å². The van der Waals surface area contributed by atoms with E-state index in [0.717, 1.165) is 6.07 Å². The first-order valence-corrected chi connectivity index (χ1v) is 3.83. The van der Waals surface area contributed by atoms with Gasteiger partial charge >= 0.3 is 5.97 Å². The predicted molar refractivity (Wildman–Crippen MR) is 47.2 cm³/mol. The highest BCUT2D eigenvalue weighted by molar-refractivity contribution is 5.74. The van der Waals surface area contributed by atoms with Gasteiger partial charge in [0.2, 0.25) is 0 Å². The third-order valence-corrected chi connectivity index (χ3v) is 1.76. The Hall–Kier alpha value is -1.75. The van der Waals surface area contributed by atoms with Crippen LogP contribution >= 0.6 is 0 Å². The minimum atomic E-state index is -1.16. The van der Waals surface area contributed by atoms with Crippen molar-refractivity contribution >= 4 is 5.97 Å². The van der Waals surface area contributed by atoms with Gasteiger partial charge in [0.15, 0.2) is 17.6 Å². The molecular weight excluding hydrogens is 188 g/mol. The fraction of sp³-hybridized carbons (Fsp3) is 0.222. The Kier molecular flexibility index (Phi) is 2.93. The molecule has 0 aromatic heterocycles. The van der Waals surface area contributed by atoms with E-state index in [0.29, 0.717) is 0 Å². The highest BCUT2D eigenvalue weighted by atomic mass is 16.5. The molecule has 0 saturated carbocycles. The second-order valence-electron chi connectivity index (χ2n) is 2.70. The van der Waals surface area contributed by atoms with E-state index < -0.39 is 12.1 Å². The number of carbonyl (C=O) groups is 1. The smallest absolute Gasteiger partial charge is 0.337 e. The SMILES string of the molecule is CO[C@@H](C(=O)O)c1ccc(O)c(O)c1. The Morgan fingerprint density at radius 1 is 1.36 bits per heavy atom. The molecule has 0 spiro atoms. The molecule has 5 nitrogen and oxygen atoms in total. The van der Waals surface area contributed by atoms with Crippen molar-refractivity contribution < 1.29 is 24.9 Å². The number of carboxylic acid groups (broad SMARTS) is 1. The summed E-state index contributed by atoms with van der Waals surface area (Å²) in [6, 6.07) is 3.73. The normalized spacial score (nSPS) is 12.4. The Morgan fingerprint density at radius 2 is 2.00 bits per heavy atom. The molecular formula is C9H10O5. The topological polar surface area (TPSA) is 87.0 Å². The molecule has 3 N–H and O–H groups in total. The Bertz CT molecular complexity index is 347. The summed E-state index contributed by atoms with van der Waals surface area (Å²) in [4.78, 5) is 10.7. The average molecular weight is 198 g/mol. The van der Waals surface area contributed by atoms with Crippen LogP contribution in [0.1, 0.15) is 11.7 Å². The van der Waals surface area contributed by atoms with Crippen molar-refractivity contribution in [1.29, 1.82) is 0 Å². The highest BCUT2D eigenvalue weighted by Crippen LogP contribution is 2.28. The molecule has 0 saturated heterocycles. The van der Waals surface area contributed by atoms with Gasteiger partial charge in [-0.25, -0.2) is 4.79 Å². The standard InChI is InChI=1S/C9H10O5/c1-14-8(9(12)13)5-2-3-6(10)7(11)4-5/h2-4,8,10-11H,1H3,(H,12,13)/t8-/m1/s1. The maximum atomic E-state index is 10.7. The zero-order valence-electron chi connectivity index (χ0n) is 7.47. The molecule has 0 aliphatic heterocycles. The van der Waals surface area contributed by atoms with E-state index in [4.69, 9.17) is 20.1 Å². The van der Waals surface area contributed by atoms with E-state index in [1.807, 2.05) is 0 Å². The van der Waals surface area contributed by atoms with Crippen LogP contribution in [0.3, 0.4) is 0 Å². The van der Waals surface area contributed by atoms with Gasteiger partial charge < -0.3 is 20.1 Å². The van der Waals surface area contributed by atoms with Gasteiger partial charge in [-0.1, -0.05) is 6.07 Å². The van der Waals surface area contributed by atoms with Crippen molar-refractivity contribution in [3.05, 3.63) is 23.8 Å². The van der Waals surface area contributed by atoms with Crippen molar-refractivity contribution in [2.45, 2.75) is 6.10 Å². The molecule has 76 valence electrons. The lowest BCUT2D eigenvalue weighted by Gasteiger charge is -2.10. The van der Waals surface area contributed by atoms with Crippen LogP contribution in [0.2, 0.25) is 0 Å². The van der Waals surface area contributed by atoms with Crippen LogP contribution in [0.4, 0.5) is 0 Å². The van der Waals surface area contributed by atoms with Crippen molar-refractivity contribution in [3.8, 4) is 11.5 Å². The van der Waals surface area contributed by atoms with Crippen molar-refractivity contribution in [1.82, 2.24) is 0 Å². The molecule has 0 amide bonds. The lowest BCUT2D eigenvalue weighted by Crippen LogP contribution is -2.13. The van der Waals surface area contributed by atoms with Gasteiger partial charge in [0.1, 0.15) is 0 Å². The molecule has 0 heterocycles. The molecule has 0 fully saturated rings. The van der Waals surface area contributed by atoms with Crippen LogP contribution in [0.25, 0.3) is 0 Å². The lowest BCUT2D eigenvalue weighted by atomic mass is 10.1. The molecule has 0 bridgehead atoms. The number of benzene rings is 1. The fourth-order valence-electron chi connectivity index (χ4n) is 1.08. The number of aromatic hydroxyl groups is 2. The molecule has 1 atom stereocenters. The first-order valence-electron chi connectivity index (χ1n) is 3.83. The average Bonchev–Trinajstić information content (AvgIpc) is 2.11. The number of phenols is 2. The van der Waals surface area contributed by atoms with Gasteiger partial charge in [0.05, 0.1) is 0 Å². The van der Waals surface area contributed by atoms with Crippen LogP contribution in [0.15, 0.2) is 18.2 Å². The molecule has 0 aliphatic rings. The summed E-state index contributed by atoms with van der Waals surface area (Å²) in [6.07, 6.45) is -1.14. The molecule has 14 heavy (non-hydrogen) atoms. The zero-order chi connectivity index (χ0) is 10.7. The van der Waals surface area contributed by atoms with Gasteiger partial charge in [0.25, 0.3) is 0 Å². The van der Waals surface area contributed by atoms with E-state index >= 15 is 0 Å². The lowest BCUT2D eigenvalue weighted by molar-refractivity contribution is -0.148. The fourth-order valence-corrected chi connectivity index (χ4v) is 1.08. The number of hydrogen-bond acceptors (Lipinski definition) is 4. The summed E-state index contributed by atoms with van der Waals surface area (Å²) >= 11 is 0. The van der Waals surface area contributed by atoms with E-state index in [1.54, 1.807) is 0 Å². The second kappa shape index (κ2) is 3.97. The molecule has 0 radical (unpaired) electrons. The Morgan fingerprint density at radius 3 is 2.43 bits per heavy atom. The maximum Gasteiger partial charge on any atom is 0.337 e. The molecule has 1 aromatic rings. The highest BCUT2D eigenvalue weighted by Gasteiger charge is 2.19. The van der Waals surface area contributed by atoms with E-state index in [2.05, 4.69) is 0 Å². The summed E-state index contributed by atoms with van der Waals surface area (Å²) in [5, 5.41) is 26.8. The monoisotopic (exact) mass is 198 g/mol. The third kappa shape index (κ3) is 1.94. The number of ether oxygens (including phenoxy) is 1. The van der Waals surface area contributed by atoms with Gasteiger partial charge in [-0.3, -0.25) is 0 Å². The summed E-state index contributed by atoms with van der Waals surface area (Å²) in [5.41, 5.74) is 0.273. The summed E-state index contributed by atoms with van der Waals surface area (Å²) in [5.74, 6) is -1.82. The third-order valence-electron chi connectivity index (χ3n) is 1.76. The zero-order valence-corrected chi connectivity index (χ0v) is 7.47. The van der Waals surface area contributed by atoms with Crippen molar-refractivity contribution in [2.24, 2.45) is 0 Å². The van der Waals surface area contributed by atoms with Crippen LogP contribution in [0, 0.1) is 0 Å². The number of aliphatic carboxylic acids is 1. The van der Waals surface area contributed by atoms with Gasteiger partial charge in [-0.2, -0.15) is 0 Å². The molecule has 5 heteroatoms. The summed E-state index contributed by atoms with van der Waals surface area (Å²) < 4.78 is 4.70. The van der Waals surface area contributed by atoms with Crippen molar-refractivity contribution in [2.75, 3.05) is 7.11 Å². The van der Waals surface area contributed by atoms with Crippen molar-refractivity contribution in [3.63, 3.8) is 0 Å². The van der Waals surface area contributed by atoms with Crippen LogP contribution in [-0.2, 0) is 9.53 Å². The first kappa shape index (κ1) is 10.3. The van der Waals surface area contributed by atoms with E-state index in [9.17, 15) is 4.79 Å². The summed E-state index contributed by atoms with van der Waals surface area (Å²) in [6.45, 7) is 0. The summed E-state index contributed by atoms with van der Waals surface area (Å²) in [7, 11) is 1.25. The quantitative estimate of drug-likeness (QED) is 0.627. The molecule has 0 aliphatic carbocycles. The maximum absolute atomic E-state index is 10.7. The minimum Gasteiger partial charge on any atom is -0.504 e. The predicted octanol–water partition coefficient (Wildman–Crippen LogP) is 0.870. The number of phenolic OH excluding ortho intramolecular Hbond substituents is 2. The minimum absolute atomic E-state index is 0.273. The van der Waals surface area contributed by atoms with Crippen LogP contribution < -0.4 is 0 Å². The first-order chi connectivity index (χ1) is 6.56. The van der Waals surface area contributed by atoms with Gasteiger partial charge in [-0.15, -0.1) is 0 Å². The Balaban J connectivity index is 3.06. The molecule has 0 unspecified atom stereocenters. The number of methoxy groups -OCH3 is 1. The van der Waals surface area contributed by atoms with Gasteiger partial charge in [-0.05, 0) is 17.7 Å². The molecule has 1 aromatic carbocycles. The van der Waals surface area contributed by atoms with Gasteiger partial charge in [0, 0.05) is 7.11 Å². The van der Waals surface area contributed by atoms with Crippen LogP contribution in [0.5, 0.6) is 11.5 Å². The number of hydrogen-bond donors (Lipinski definition) is 3. The van der Waals surface area contributed by atoms with Crippen LogP contribution in [-0.4, -0.2) is 28.4 Å². The largest absolute Gasteiger partial charge is 0.504 e. The number of rotatable bonds is 3. The second-order valence-corrected chi connectivity index (χ2v) is 2.70. The number of carboxylic acids is 1. The molecule has 1 rings (SSSR count). The van der Waals surface area contributed by atoms with E-state index in [-0.39, 0.29) is 17.1 Å². The Labute approximate surface area is 80.2 Å².